The molecule has 2 atom stereocenters. The van der Waals surface area contributed by atoms with E-state index in [4.69, 9.17) is 11.6 Å². The number of rotatable bonds is 5. The van der Waals surface area contributed by atoms with E-state index in [9.17, 15) is 17.4 Å². The van der Waals surface area contributed by atoms with Crippen LogP contribution in [0.25, 0.3) is 0 Å². The molecule has 0 aromatic carbocycles. The van der Waals surface area contributed by atoms with E-state index in [2.05, 4.69) is 14.4 Å². The standard InChI is InChI=1S/C13H18ClF3N2O2S/c1-8(19-22(20)12(2,3)4)9-5-10(14)11(18-6-9)21-7-13(15,16)17/h5-6,8,19H,7H2,1-4H3/t8-,22?/m0/s1. The molecule has 4 nitrogen and oxygen atoms in total. The highest BCUT2D eigenvalue weighted by atomic mass is 35.5. The van der Waals surface area contributed by atoms with Gasteiger partial charge in [-0.05, 0) is 39.3 Å². The lowest BCUT2D eigenvalue weighted by Gasteiger charge is -2.22. The van der Waals surface area contributed by atoms with Crippen LogP contribution in [0.2, 0.25) is 5.02 Å². The molecule has 22 heavy (non-hydrogen) atoms. The van der Waals surface area contributed by atoms with Gasteiger partial charge in [-0.1, -0.05) is 11.6 Å². The first-order valence-corrected chi connectivity index (χ1v) is 7.96. The van der Waals surface area contributed by atoms with E-state index in [1.165, 1.54) is 12.3 Å². The summed E-state index contributed by atoms with van der Waals surface area (Å²) in [6.45, 7) is 5.76. The van der Waals surface area contributed by atoms with Crippen molar-refractivity contribution in [2.45, 2.75) is 44.7 Å². The summed E-state index contributed by atoms with van der Waals surface area (Å²) in [5.41, 5.74) is 0.599. The Morgan fingerprint density at radius 2 is 2.00 bits per heavy atom. The monoisotopic (exact) mass is 358 g/mol. The average Bonchev–Trinajstić information content (AvgIpc) is 2.34. The van der Waals surface area contributed by atoms with Crippen LogP contribution in [0.5, 0.6) is 5.88 Å². The van der Waals surface area contributed by atoms with Crippen molar-refractivity contribution in [1.82, 2.24) is 9.71 Å². The molecule has 1 N–H and O–H groups in total. The fraction of sp³-hybridized carbons (Fsp3) is 0.615. The summed E-state index contributed by atoms with van der Waals surface area (Å²) in [7, 11) is -1.30. The maximum atomic E-state index is 12.1. The Morgan fingerprint density at radius 3 is 2.45 bits per heavy atom. The summed E-state index contributed by atoms with van der Waals surface area (Å²) in [6, 6.07) is 1.11. The molecule has 1 aromatic heterocycles. The van der Waals surface area contributed by atoms with Crippen molar-refractivity contribution in [2.24, 2.45) is 0 Å². The third-order valence-electron chi connectivity index (χ3n) is 2.54. The maximum absolute atomic E-state index is 12.1. The van der Waals surface area contributed by atoms with Crippen molar-refractivity contribution in [3.63, 3.8) is 0 Å². The van der Waals surface area contributed by atoms with Crippen LogP contribution >= 0.6 is 11.6 Å². The average molecular weight is 359 g/mol. The molecule has 1 aromatic rings. The molecular weight excluding hydrogens is 341 g/mol. The van der Waals surface area contributed by atoms with Crippen LogP contribution in [0.4, 0.5) is 13.2 Å². The summed E-state index contributed by atoms with van der Waals surface area (Å²) >= 11 is 5.87. The molecule has 0 spiro atoms. The van der Waals surface area contributed by atoms with E-state index in [1.54, 1.807) is 6.92 Å². The Kier molecular flexibility index (Phi) is 6.23. The Bertz CT molecular complexity index is 547. The number of nitrogens with zero attached hydrogens (tertiary/aromatic N) is 1. The predicted molar refractivity (Wildman–Crippen MR) is 80.2 cm³/mol. The minimum absolute atomic E-state index is 0.0306. The van der Waals surface area contributed by atoms with E-state index in [0.717, 1.165) is 0 Å². The number of alkyl halides is 3. The first-order chi connectivity index (χ1) is 9.90. The van der Waals surface area contributed by atoms with Gasteiger partial charge in [0.1, 0.15) is 5.02 Å². The molecule has 0 saturated heterocycles. The third-order valence-corrected chi connectivity index (χ3v) is 4.49. The van der Waals surface area contributed by atoms with Crippen LogP contribution in [-0.2, 0) is 11.0 Å². The van der Waals surface area contributed by atoms with Crippen molar-refractivity contribution in [3.05, 3.63) is 22.8 Å². The first kappa shape index (κ1) is 19.2. The van der Waals surface area contributed by atoms with Gasteiger partial charge in [-0.3, -0.25) is 0 Å². The second kappa shape index (κ2) is 7.14. The van der Waals surface area contributed by atoms with Gasteiger partial charge in [0.25, 0.3) is 0 Å². The van der Waals surface area contributed by atoms with Crippen LogP contribution in [0.15, 0.2) is 12.3 Å². The fourth-order valence-electron chi connectivity index (χ4n) is 1.34. The molecule has 0 radical (unpaired) electrons. The fourth-order valence-corrected chi connectivity index (χ4v) is 2.38. The van der Waals surface area contributed by atoms with Crippen molar-refractivity contribution < 1.29 is 22.1 Å². The maximum Gasteiger partial charge on any atom is 0.422 e. The van der Waals surface area contributed by atoms with Gasteiger partial charge in [0.2, 0.25) is 5.88 Å². The summed E-state index contributed by atoms with van der Waals surface area (Å²) in [6.07, 6.45) is -3.11. The van der Waals surface area contributed by atoms with E-state index in [0.29, 0.717) is 5.56 Å². The molecule has 0 aliphatic carbocycles. The van der Waals surface area contributed by atoms with Crippen LogP contribution in [0, 0.1) is 0 Å². The number of ether oxygens (including phenoxy) is 1. The molecule has 0 fully saturated rings. The van der Waals surface area contributed by atoms with Gasteiger partial charge in [0.15, 0.2) is 6.61 Å². The highest BCUT2D eigenvalue weighted by molar-refractivity contribution is 7.84. The lowest BCUT2D eigenvalue weighted by Crippen LogP contribution is -2.34. The Hall–Kier alpha value is -0.860. The van der Waals surface area contributed by atoms with E-state index in [1.807, 2.05) is 20.8 Å². The molecular formula is C13H18ClF3N2O2S. The van der Waals surface area contributed by atoms with Crippen molar-refractivity contribution >= 4 is 22.6 Å². The second-order valence-corrected chi connectivity index (χ2v) is 8.09. The number of hydrogen-bond donors (Lipinski definition) is 1. The predicted octanol–water partition coefficient (Wildman–Crippen LogP) is 3.79. The summed E-state index contributed by atoms with van der Waals surface area (Å²) in [5.74, 6) is -0.285. The Morgan fingerprint density at radius 1 is 1.41 bits per heavy atom. The second-order valence-electron chi connectivity index (χ2n) is 5.68. The van der Waals surface area contributed by atoms with Crippen LogP contribution in [0.3, 0.4) is 0 Å². The summed E-state index contributed by atoms with van der Waals surface area (Å²) in [4.78, 5) is 3.78. The number of pyridine rings is 1. The molecule has 0 bridgehead atoms. The molecule has 0 aliphatic heterocycles. The lowest BCUT2D eigenvalue weighted by atomic mass is 10.2. The van der Waals surface area contributed by atoms with Gasteiger partial charge in [-0.15, -0.1) is 0 Å². The highest BCUT2D eigenvalue weighted by Crippen LogP contribution is 2.27. The highest BCUT2D eigenvalue weighted by Gasteiger charge is 2.29. The lowest BCUT2D eigenvalue weighted by molar-refractivity contribution is -0.154. The zero-order valence-corrected chi connectivity index (χ0v) is 14.2. The molecule has 1 heterocycles. The quantitative estimate of drug-likeness (QED) is 0.871. The van der Waals surface area contributed by atoms with Gasteiger partial charge in [-0.2, -0.15) is 13.2 Å². The number of hydrogen-bond acceptors (Lipinski definition) is 3. The van der Waals surface area contributed by atoms with Crippen molar-refractivity contribution in [1.29, 1.82) is 0 Å². The molecule has 9 heteroatoms. The van der Waals surface area contributed by atoms with Gasteiger partial charge in [0.05, 0.1) is 15.7 Å². The Balaban J connectivity index is 2.78. The molecule has 126 valence electrons. The smallest absolute Gasteiger partial charge is 0.422 e. The van der Waals surface area contributed by atoms with Crippen LogP contribution in [-0.4, -0.2) is 26.7 Å². The van der Waals surface area contributed by atoms with Gasteiger partial charge in [-0.25, -0.2) is 13.9 Å². The zero-order valence-electron chi connectivity index (χ0n) is 12.6. The van der Waals surface area contributed by atoms with E-state index in [-0.39, 0.29) is 16.9 Å². The van der Waals surface area contributed by atoms with Gasteiger partial charge in [0, 0.05) is 12.2 Å². The number of nitrogens with one attached hydrogen (secondary N) is 1. The zero-order chi connectivity index (χ0) is 17.1. The normalized spacial score (nSPS) is 15.5. The van der Waals surface area contributed by atoms with Crippen molar-refractivity contribution in [2.75, 3.05) is 6.61 Å². The SMILES string of the molecule is C[C@H](NS(=O)C(C)(C)C)c1cnc(OCC(F)(F)F)c(Cl)c1. The minimum Gasteiger partial charge on any atom is -0.467 e. The van der Waals surface area contributed by atoms with Crippen LogP contribution in [0.1, 0.15) is 39.3 Å². The van der Waals surface area contributed by atoms with Crippen molar-refractivity contribution in [3.8, 4) is 5.88 Å². The van der Waals surface area contributed by atoms with E-state index >= 15 is 0 Å². The number of aromatic nitrogens is 1. The summed E-state index contributed by atoms with van der Waals surface area (Å²) in [5, 5.41) is -0.0306. The molecule has 1 unspecified atom stereocenters. The third kappa shape index (κ3) is 6.10. The minimum atomic E-state index is -4.46. The topological polar surface area (TPSA) is 51.2 Å². The van der Waals surface area contributed by atoms with Gasteiger partial charge < -0.3 is 4.74 Å². The molecule has 0 amide bonds. The van der Waals surface area contributed by atoms with Gasteiger partial charge >= 0.3 is 6.18 Å². The molecule has 0 saturated carbocycles. The first-order valence-electron chi connectivity index (χ1n) is 6.43. The van der Waals surface area contributed by atoms with Crippen LogP contribution < -0.4 is 9.46 Å². The summed E-state index contributed by atoms with van der Waals surface area (Å²) < 4.78 is 55.3. The van der Waals surface area contributed by atoms with E-state index < -0.39 is 28.5 Å². The number of halogens is 4. The Labute approximate surface area is 135 Å². The largest absolute Gasteiger partial charge is 0.467 e. The molecule has 1 rings (SSSR count). The molecule has 0 aliphatic rings.